The number of hydrogen-bond donors (Lipinski definition) is 1. The van der Waals surface area contributed by atoms with E-state index in [1.165, 1.54) is 0 Å². The summed E-state index contributed by atoms with van der Waals surface area (Å²) in [6.45, 7) is 4.95. The molecule has 0 spiro atoms. The van der Waals surface area contributed by atoms with Gasteiger partial charge in [-0.2, -0.15) is 13.2 Å². The number of carbonyl (C=O) groups excluding carboxylic acids is 2. The van der Waals surface area contributed by atoms with Crippen LogP contribution in [0.4, 0.5) is 18.0 Å². The van der Waals surface area contributed by atoms with Crippen LogP contribution in [0, 0.1) is 11.8 Å². The molecule has 0 aliphatic heterocycles. The molecule has 0 radical (unpaired) electrons. The zero-order chi connectivity index (χ0) is 17.7. The lowest BCUT2D eigenvalue weighted by atomic mass is 10.0. The van der Waals surface area contributed by atoms with E-state index in [9.17, 15) is 22.8 Å². The number of rotatable bonds is 2. The van der Waals surface area contributed by atoms with E-state index in [1.807, 2.05) is 0 Å². The summed E-state index contributed by atoms with van der Waals surface area (Å²) < 4.78 is 42.9. The van der Waals surface area contributed by atoms with Crippen LogP contribution >= 0.6 is 0 Å². The molecule has 0 aliphatic carbocycles. The first-order valence-corrected chi connectivity index (χ1v) is 6.65. The predicted molar refractivity (Wildman–Crippen MR) is 77.9 cm³/mol. The van der Waals surface area contributed by atoms with Crippen molar-refractivity contribution < 1.29 is 27.5 Å². The van der Waals surface area contributed by atoms with E-state index in [0.717, 1.165) is 18.2 Å². The van der Waals surface area contributed by atoms with E-state index in [2.05, 4.69) is 17.2 Å². The second-order valence-corrected chi connectivity index (χ2v) is 5.57. The third kappa shape index (κ3) is 6.43. The number of amides is 1. The van der Waals surface area contributed by atoms with Crippen molar-refractivity contribution in [2.45, 2.75) is 32.5 Å². The highest BCUT2D eigenvalue weighted by atomic mass is 19.4. The van der Waals surface area contributed by atoms with Gasteiger partial charge < -0.3 is 10.1 Å². The normalized spacial score (nSPS) is 11.2. The van der Waals surface area contributed by atoms with Crippen molar-refractivity contribution >= 4 is 12.4 Å². The Morgan fingerprint density at radius 3 is 2.48 bits per heavy atom. The van der Waals surface area contributed by atoms with Crippen LogP contribution in [-0.2, 0) is 10.9 Å². The van der Waals surface area contributed by atoms with Crippen LogP contribution in [0.1, 0.15) is 42.3 Å². The van der Waals surface area contributed by atoms with Crippen LogP contribution < -0.4 is 5.32 Å². The first kappa shape index (κ1) is 18.6. The molecule has 0 saturated carbocycles. The number of ether oxygens (including phenoxy) is 1. The van der Waals surface area contributed by atoms with Crippen LogP contribution in [0.25, 0.3) is 0 Å². The number of aldehydes is 1. The Balaban J connectivity index is 2.81. The third-order valence-corrected chi connectivity index (χ3v) is 2.45. The molecule has 124 valence electrons. The molecule has 1 rings (SSSR count). The summed E-state index contributed by atoms with van der Waals surface area (Å²) in [4.78, 5) is 22.2. The van der Waals surface area contributed by atoms with Crippen molar-refractivity contribution in [3.05, 3.63) is 34.9 Å². The zero-order valence-corrected chi connectivity index (χ0v) is 12.9. The molecule has 0 fully saturated rings. The summed E-state index contributed by atoms with van der Waals surface area (Å²) in [6, 6.07) is 2.67. The van der Waals surface area contributed by atoms with Crippen LogP contribution in [-0.4, -0.2) is 24.5 Å². The second kappa shape index (κ2) is 7.18. The van der Waals surface area contributed by atoms with Gasteiger partial charge in [-0.25, -0.2) is 4.79 Å². The van der Waals surface area contributed by atoms with Crippen molar-refractivity contribution in [1.29, 1.82) is 0 Å². The van der Waals surface area contributed by atoms with Gasteiger partial charge in [0.15, 0.2) is 6.29 Å². The molecular weight excluding hydrogens is 311 g/mol. The van der Waals surface area contributed by atoms with E-state index >= 15 is 0 Å². The molecule has 1 amide bonds. The van der Waals surface area contributed by atoms with Crippen molar-refractivity contribution in [1.82, 2.24) is 5.32 Å². The number of hydrogen-bond acceptors (Lipinski definition) is 3. The first-order chi connectivity index (χ1) is 10.5. The molecule has 0 bridgehead atoms. The lowest BCUT2D eigenvalue weighted by Crippen LogP contribution is -2.32. The maximum atomic E-state index is 12.6. The highest BCUT2D eigenvalue weighted by Crippen LogP contribution is 2.30. The van der Waals surface area contributed by atoms with Gasteiger partial charge in [0.25, 0.3) is 0 Å². The van der Waals surface area contributed by atoms with Gasteiger partial charge in [-0.15, -0.1) is 0 Å². The van der Waals surface area contributed by atoms with E-state index in [0.29, 0.717) is 6.29 Å². The number of alkyl carbamates (subject to hydrolysis) is 1. The van der Waals surface area contributed by atoms with Gasteiger partial charge in [-0.3, -0.25) is 4.79 Å². The molecule has 0 saturated heterocycles. The topological polar surface area (TPSA) is 55.4 Å². The van der Waals surface area contributed by atoms with Crippen molar-refractivity contribution in [3.8, 4) is 11.8 Å². The summed E-state index contributed by atoms with van der Waals surface area (Å²) in [5, 5.41) is 2.35. The van der Waals surface area contributed by atoms with Gasteiger partial charge in [0.1, 0.15) is 5.60 Å². The Morgan fingerprint density at radius 1 is 1.30 bits per heavy atom. The Labute approximate surface area is 132 Å². The van der Waals surface area contributed by atoms with Crippen LogP contribution in [0.5, 0.6) is 0 Å². The fourth-order valence-corrected chi connectivity index (χ4v) is 1.51. The molecule has 4 nitrogen and oxygen atoms in total. The maximum Gasteiger partial charge on any atom is 0.416 e. The lowest BCUT2D eigenvalue weighted by Gasteiger charge is -2.19. The molecule has 23 heavy (non-hydrogen) atoms. The third-order valence-electron chi connectivity index (χ3n) is 2.45. The van der Waals surface area contributed by atoms with Gasteiger partial charge in [0, 0.05) is 11.1 Å². The Bertz CT molecular complexity index is 649. The van der Waals surface area contributed by atoms with Crippen LogP contribution in [0.15, 0.2) is 18.2 Å². The number of carbonyl (C=O) groups is 2. The second-order valence-electron chi connectivity index (χ2n) is 5.57. The van der Waals surface area contributed by atoms with E-state index < -0.39 is 23.4 Å². The summed E-state index contributed by atoms with van der Waals surface area (Å²) in [5.74, 6) is 4.93. The summed E-state index contributed by atoms with van der Waals surface area (Å²) >= 11 is 0. The molecule has 1 N–H and O–H groups in total. The summed E-state index contributed by atoms with van der Waals surface area (Å²) in [6.07, 6.45) is -4.79. The Kier molecular flexibility index (Phi) is 5.79. The zero-order valence-electron chi connectivity index (χ0n) is 12.9. The number of benzene rings is 1. The van der Waals surface area contributed by atoms with E-state index in [-0.39, 0.29) is 17.7 Å². The van der Waals surface area contributed by atoms with Gasteiger partial charge in [0.2, 0.25) is 0 Å². The van der Waals surface area contributed by atoms with Crippen molar-refractivity contribution in [2.75, 3.05) is 6.54 Å². The van der Waals surface area contributed by atoms with Crippen LogP contribution in [0.2, 0.25) is 0 Å². The minimum Gasteiger partial charge on any atom is -0.444 e. The summed E-state index contributed by atoms with van der Waals surface area (Å²) in [7, 11) is 0. The molecule has 1 aromatic carbocycles. The van der Waals surface area contributed by atoms with Gasteiger partial charge >= 0.3 is 12.3 Å². The molecule has 0 aliphatic rings. The molecule has 0 heterocycles. The highest BCUT2D eigenvalue weighted by molar-refractivity contribution is 5.79. The molecule has 0 atom stereocenters. The van der Waals surface area contributed by atoms with E-state index in [1.54, 1.807) is 20.8 Å². The molecule has 0 unspecified atom stereocenters. The first-order valence-electron chi connectivity index (χ1n) is 6.65. The lowest BCUT2D eigenvalue weighted by molar-refractivity contribution is -0.137. The molecule has 1 aromatic rings. The minimum atomic E-state index is -4.52. The van der Waals surface area contributed by atoms with Crippen molar-refractivity contribution in [2.24, 2.45) is 0 Å². The predicted octanol–water partition coefficient (Wildman–Crippen LogP) is 3.39. The Hall–Kier alpha value is -2.49. The van der Waals surface area contributed by atoms with Gasteiger partial charge in [-0.1, -0.05) is 11.8 Å². The van der Waals surface area contributed by atoms with Gasteiger partial charge in [0.05, 0.1) is 12.1 Å². The minimum absolute atomic E-state index is 0.0442. The molecule has 7 heteroatoms. The standard InChI is InChI=1S/C16H16F3NO3/c1-15(2,3)23-14(22)20-8-4-5-11-9-13(16(17,18)19)7-6-12(11)10-21/h6-7,9-10H,8H2,1-3H3,(H,20,22). The fourth-order valence-electron chi connectivity index (χ4n) is 1.51. The van der Waals surface area contributed by atoms with E-state index in [4.69, 9.17) is 4.74 Å². The Morgan fingerprint density at radius 2 is 1.96 bits per heavy atom. The molecule has 0 aromatic heterocycles. The SMILES string of the molecule is CC(C)(C)OC(=O)NCC#Cc1cc(C(F)(F)F)ccc1C=O. The highest BCUT2D eigenvalue weighted by Gasteiger charge is 2.30. The largest absolute Gasteiger partial charge is 0.444 e. The average Bonchev–Trinajstić information content (AvgIpc) is 2.40. The monoisotopic (exact) mass is 327 g/mol. The maximum absolute atomic E-state index is 12.6. The van der Waals surface area contributed by atoms with Crippen molar-refractivity contribution in [3.63, 3.8) is 0 Å². The number of halogens is 3. The quantitative estimate of drug-likeness (QED) is 0.669. The number of nitrogens with one attached hydrogen (secondary N) is 1. The number of alkyl halides is 3. The average molecular weight is 327 g/mol. The molecular formula is C16H16F3NO3. The van der Waals surface area contributed by atoms with Crippen LogP contribution in [0.3, 0.4) is 0 Å². The fraction of sp³-hybridized carbons (Fsp3) is 0.375. The van der Waals surface area contributed by atoms with Gasteiger partial charge in [-0.05, 0) is 39.0 Å². The smallest absolute Gasteiger partial charge is 0.416 e. The summed E-state index contributed by atoms with van der Waals surface area (Å²) in [5.41, 5.74) is -1.57.